The number of unbranched alkanes of at least 4 members (excludes halogenated alkanes) is 3. The van der Waals surface area contributed by atoms with Crippen LogP contribution >= 0.6 is 0 Å². The summed E-state index contributed by atoms with van der Waals surface area (Å²) in [5.41, 5.74) is 5.54. The smallest absolute Gasteiger partial charge is 0.0593 e. The summed E-state index contributed by atoms with van der Waals surface area (Å²) in [6, 6.07) is 0. The van der Waals surface area contributed by atoms with Gasteiger partial charge in [0.25, 0.3) is 0 Å². The maximum atomic E-state index is 5.67. The maximum Gasteiger partial charge on any atom is 0.0593 e. The average molecular weight is 285 g/mol. The van der Waals surface area contributed by atoms with Gasteiger partial charge in [-0.05, 0) is 51.9 Å². The molecule has 0 aromatic rings. The normalized spacial score (nSPS) is 18.3. The van der Waals surface area contributed by atoms with Gasteiger partial charge in [-0.25, -0.2) is 0 Å². The molecule has 2 N–H and O–H groups in total. The van der Waals surface area contributed by atoms with Crippen LogP contribution in [-0.2, 0) is 4.74 Å². The molecule has 0 atom stereocenters. The van der Waals surface area contributed by atoms with Gasteiger partial charge in [0.1, 0.15) is 0 Å². The number of rotatable bonds is 11. The summed E-state index contributed by atoms with van der Waals surface area (Å²) in [4.78, 5) is 5.18. The van der Waals surface area contributed by atoms with Crippen molar-refractivity contribution in [1.82, 2.24) is 9.80 Å². The van der Waals surface area contributed by atoms with E-state index in [9.17, 15) is 0 Å². The molecule has 0 aromatic carbocycles. The van der Waals surface area contributed by atoms with E-state index in [1.807, 2.05) is 0 Å². The van der Waals surface area contributed by atoms with Gasteiger partial charge in [0.15, 0.2) is 0 Å². The van der Waals surface area contributed by atoms with Crippen LogP contribution in [0.25, 0.3) is 0 Å². The second kappa shape index (κ2) is 12.6. The molecule has 0 aromatic heterocycles. The van der Waals surface area contributed by atoms with E-state index in [4.69, 9.17) is 10.5 Å². The fourth-order valence-electron chi connectivity index (χ4n) is 2.67. The highest BCUT2D eigenvalue weighted by Crippen LogP contribution is 2.05. The van der Waals surface area contributed by atoms with E-state index in [1.54, 1.807) is 0 Å². The highest BCUT2D eigenvalue weighted by Gasteiger charge is 2.13. The highest BCUT2D eigenvalue weighted by atomic mass is 16.5. The van der Waals surface area contributed by atoms with Crippen LogP contribution in [-0.4, -0.2) is 68.8 Å². The van der Waals surface area contributed by atoms with E-state index < -0.39 is 0 Å². The summed E-state index contributed by atoms with van der Waals surface area (Å²) in [6.07, 6.45) is 7.47. The number of ether oxygens (including phenoxy) is 1. The highest BCUT2D eigenvalue weighted by molar-refractivity contribution is 4.69. The molecule has 0 saturated carbocycles. The predicted octanol–water partition coefficient (Wildman–Crippen LogP) is 1.94. The third kappa shape index (κ3) is 8.90. The van der Waals surface area contributed by atoms with Crippen LogP contribution < -0.4 is 5.73 Å². The van der Waals surface area contributed by atoms with Crippen molar-refractivity contribution in [1.29, 1.82) is 0 Å². The van der Waals surface area contributed by atoms with Crippen LogP contribution in [0.2, 0.25) is 0 Å². The quantitative estimate of drug-likeness (QED) is 0.589. The molecule has 20 heavy (non-hydrogen) atoms. The molecule has 0 spiro atoms. The van der Waals surface area contributed by atoms with Crippen LogP contribution in [0.1, 0.15) is 45.4 Å². The molecule has 120 valence electrons. The Morgan fingerprint density at radius 3 is 2.30 bits per heavy atom. The lowest BCUT2D eigenvalue weighted by molar-refractivity contribution is 0.102. The van der Waals surface area contributed by atoms with Gasteiger partial charge < -0.3 is 15.4 Å². The fourth-order valence-corrected chi connectivity index (χ4v) is 2.67. The molecule has 0 unspecified atom stereocenters. The Hall–Kier alpha value is -0.160. The van der Waals surface area contributed by atoms with Crippen LogP contribution in [0.4, 0.5) is 0 Å². The summed E-state index contributed by atoms with van der Waals surface area (Å²) in [5, 5.41) is 0. The minimum absolute atomic E-state index is 0.839. The van der Waals surface area contributed by atoms with Crippen molar-refractivity contribution in [2.75, 3.05) is 59.0 Å². The second-order valence-corrected chi connectivity index (χ2v) is 5.85. The number of nitrogens with two attached hydrogens (primary N) is 1. The van der Waals surface area contributed by atoms with Crippen molar-refractivity contribution >= 4 is 0 Å². The molecule has 1 aliphatic heterocycles. The third-order valence-corrected chi connectivity index (χ3v) is 4.05. The van der Waals surface area contributed by atoms with Gasteiger partial charge in [-0.1, -0.05) is 19.8 Å². The first-order chi connectivity index (χ1) is 9.86. The van der Waals surface area contributed by atoms with Crippen LogP contribution in [0.15, 0.2) is 0 Å². The summed E-state index contributed by atoms with van der Waals surface area (Å²) in [6.45, 7) is 12.1. The second-order valence-electron chi connectivity index (χ2n) is 5.85. The lowest BCUT2D eigenvalue weighted by Gasteiger charge is -2.21. The molecule has 4 nitrogen and oxygen atoms in total. The summed E-state index contributed by atoms with van der Waals surface area (Å²) >= 11 is 0. The van der Waals surface area contributed by atoms with Gasteiger partial charge in [-0.3, -0.25) is 4.90 Å². The topological polar surface area (TPSA) is 41.7 Å². The summed E-state index contributed by atoms with van der Waals surface area (Å²) < 4.78 is 5.67. The van der Waals surface area contributed by atoms with Crippen molar-refractivity contribution in [2.45, 2.75) is 45.4 Å². The number of nitrogens with zero attached hydrogens (tertiary/aromatic N) is 2. The molecule has 1 aliphatic rings. The first-order valence-corrected chi connectivity index (χ1v) is 8.59. The molecule has 1 heterocycles. The zero-order valence-electron chi connectivity index (χ0n) is 13.5. The maximum absolute atomic E-state index is 5.67. The standard InChI is InChI=1S/C16H35N3O/c1-2-3-15-20-16-14-19-11-7-10-18(12-13-19)9-6-4-5-8-17/h2-17H2,1H3. The van der Waals surface area contributed by atoms with Gasteiger partial charge in [0.05, 0.1) is 6.61 Å². The predicted molar refractivity (Wildman–Crippen MR) is 86.1 cm³/mol. The van der Waals surface area contributed by atoms with Crippen molar-refractivity contribution in [3.8, 4) is 0 Å². The monoisotopic (exact) mass is 285 g/mol. The zero-order chi connectivity index (χ0) is 14.5. The van der Waals surface area contributed by atoms with Gasteiger partial charge in [0.2, 0.25) is 0 Å². The van der Waals surface area contributed by atoms with Gasteiger partial charge >= 0.3 is 0 Å². The Labute approximate surface area is 125 Å². The van der Waals surface area contributed by atoms with Gasteiger partial charge in [-0.15, -0.1) is 0 Å². The molecule has 1 saturated heterocycles. The Morgan fingerprint density at radius 1 is 0.850 bits per heavy atom. The van der Waals surface area contributed by atoms with Crippen LogP contribution in [0.3, 0.4) is 0 Å². The molecular weight excluding hydrogens is 250 g/mol. The molecule has 0 bridgehead atoms. The molecule has 1 fully saturated rings. The summed E-state index contributed by atoms with van der Waals surface area (Å²) in [7, 11) is 0. The minimum Gasteiger partial charge on any atom is -0.380 e. The minimum atomic E-state index is 0.839. The Kier molecular flexibility index (Phi) is 11.2. The first kappa shape index (κ1) is 17.9. The molecule has 1 rings (SSSR count). The van der Waals surface area contributed by atoms with Gasteiger partial charge in [0, 0.05) is 26.2 Å². The van der Waals surface area contributed by atoms with E-state index >= 15 is 0 Å². The Balaban J connectivity index is 2.03. The van der Waals surface area contributed by atoms with Crippen molar-refractivity contribution in [2.24, 2.45) is 5.73 Å². The SMILES string of the molecule is CCCCOCCN1CCCN(CCCCCN)CC1. The van der Waals surface area contributed by atoms with Crippen molar-refractivity contribution in [3.05, 3.63) is 0 Å². The largest absolute Gasteiger partial charge is 0.380 e. The molecule has 4 heteroatoms. The first-order valence-electron chi connectivity index (χ1n) is 8.59. The number of hydrogen-bond acceptors (Lipinski definition) is 4. The fraction of sp³-hybridized carbons (Fsp3) is 1.00. The third-order valence-electron chi connectivity index (χ3n) is 4.05. The van der Waals surface area contributed by atoms with E-state index in [0.717, 1.165) is 26.3 Å². The lowest BCUT2D eigenvalue weighted by atomic mass is 10.2. The van der Waals surface area contributed by atoms with Crippen LogP contribution in [0, 0.1) is 0 Å². The van der Waals surface area contributed by atoms with E-state index in [0.29, 0.717) is 0 Å². The van der Waals surface area contributed by atoms with E-state index in [2.05, 4.69) is 16.7 Å². The summed E-state index contributed by atoms with van der Waals surface area (Å²) in [5.74, 6) is 0. The molecule has 0 aliphatic carbocycles. The number of hydrogen-bond donors (Lipinski definition) is 1. The average Bonchev–Trinajstić information content (AvgIpc) is 2.69. The van der Waals surface area contributed by atoms with Crippen molar-refractivity contribution in [3.63, 3.8) is 0 Å². The van der Waals surface area contributed by atoms with Crippen LogP contribution in [0.5, 0.6) is 0 Å². The Morgan fingerprint density at radius 2 is 1.60 bits per heavy atom. The Bertz CT molecular complexity index is 214. The van der Waals surface area contributed by atoms with E-state index in [-0.39, 0.29) is 0 Å². The lowest BCUT2D eigenvalue weighted by Crippen LogP contribution is -2.33. The molecule has 0 radical (unpaired) electrons. The van der Waals surface area contributed by atoms with E-state index in [1.165, 1.54) is 71.2 Å². The molecule has 0 amide bonds. The zero-order valence-corrected chi connectivity index (χ0v) is 13.5. The van der Waals surface area contributed by atoms with Crippen molar-refractivity contribution < 1.29 is 4.74 Å². The molecular formula is C16H35N3O. The van der Waals surface area contributed by atoms with Gasteiger partial charge in [-0.2, -0.15) is 0 Å².